The lowest BCUT2D eigenvalue weighted by atomic mass is 10.3. The minimum absolute atomic E-state index is 0.346. The van der Waals surface area contributed by atoms with Crippen LogP contribution in [0.2, 0.25) is 0 Å². The molecule has 4 heterocycles. The lowest BCUT2D eigenvalue weighted by molar-refractivity contribution is -0.114. The first-order valence-corrected chi connectivity index (χ1v) is 7.98. The molecule has 4 rings (SSSR count). The molecule has 0 radical (unpaired) electrons. The number of carbonyl (C=O) groups excluding carboxylic acids is 1. The highest BCUT2D eigenvalue weighted by Crippen LogP contribution is 2.27. The summed E-state index contributed by atoms with van der Waals surface area (Å²) in [5.74, 6) is -0.346. The Balaban J connectivity index is 1.57. The highest BCUT2D eigenvalue weighted by Gasteiger charge is 2.29. The Hall–Kier alpha value is -2.32. The van der Waals surface area contributed by atoms with Gasteiger partial charge in [0.1, 0.15) is 0 Å². The van der Waals surface area contributed by atoms with E-state index in [1.807, 2.05) is 18.2 Å². The number of hydrogen-bond acceptors (Lipinski definition) is 5. The molecule has 2 aromatic rings. The third-order valence-electron chi connectivity index (χ3n) is 3.68. The normalized spacial score (nSPS) is 20.8. The van der Waals surface area contributed by atoms with Crippen LogP contribution in [0.3, 0.4) is 0 Å². The van der Waals surface area contributed by atoms with Gasteiger partial charge in [-0.1, -0.05) is 6.07 Å². The Bertz CT molecular complexity index is 799. The Kier molecular flexibility index (Phi) is 3.12. The molecule has 0 spiro atoms. The predicted octanol–water partition coefficient (Wildman–Crippen LogP) is 0.386. The minimum atomic E-state index is -1.53. The SMILES string of the molecule is O=C1C=C(n2ncc3c2CN(Cc2ccccn2)C3)S(=O)N1. The van der Waals surface area contributed by atoms with Gasteiger partial charge in [0, 0.05) is 37.5 Å². The fourth-order valence-electron chi connectivity index (χ4n) is 2.72. The summed E-state index contributed by atoms with van der Waals surface area (Å²) >= 11 is 0. The van der Waals surface area contributed by atoms with Gasteiger partial charge in [-0.05, 0) is 12.1 Å². The van der Waals surface area contributed by atoms with Gasteiger partial charge in [0.25, 0.3) is 5.91 Å². The second kappa shape index (κ2) is 5.15. The molecule has 1 amide bonds. The van der Waals surface area contributed by atoms with E-state index in [-0.39, 0.29) is 5.91 Å². The molecule has 7 nitrogen and oxygen atoms in total. The van der Waals surface area contributed by atoms with E-state index in [4.69, 9.17) is 0 Å². The lowest BCUT2D eigenvalue weighted by Gasteiger charge is -2.14. The molecule has 0 aromatic carbocycles. The fraction of sp³-hybridized carbons (Fsp3) is 0.214. The summed E-state index contributed by atoms with van der Waals surface area (Å²) in [5.41, 5.74) is 3.08. The molecule has 1 N–H and O–H groups in total. The monoisotopic (exact) mass is 315 g/mol. The predicted molar refractivity (Wildman–Crippen MR) is 80.0 cm³/mol. The molecule has 0 saturated carbocycles. The van der Waals surface area contributed by atoms with Crippen molar-refractivity contribution in [2.75, 3.05) is 0 Å². The van der Waals surface area contributed by atoms with E-state index in [9.17, 15) is 9.00 Å². The van der Waals surface area contributed by atoms with Crippen molar-refractivity contribution in [3.63, 3.8) is 0 Å². The molecule has 2 aliphatic rings. The standard InChI is InChI=1S/C14H13N5O2S/c20-13-5-14(22(21)17-13)19-12-9-18(7-10(12)6-16-19)8-11-3-1-2-4-15-11/h1-6H,7-9H2,(H,17,20). The van der Waals surface area contributed by atoms with Crippen LogP contribution in [-0.4, -0.2) is 29.8 Å². The van der Waals surface area contributed by atoms with E-state index in [1.54, 1.807) is 17.1 Å². The largest absolute Gasteiger partial charge is 0.287 e. The molecule has 0 aliphatic carbocycles. The average Bonchev–Trinajstić information content (AvgIpc) is 3.14. The first-order chi connectivity index (χ1) is 10.7. The summed E-state index contributed by atoms with van der Waals surface area (Å²) in [6.45, 7) is 2.21. The molecule has 0 fully saturated rings. The van der Waals surface area contributed by atoms with Crippen LogP contribution in [0.1, 0.15) is 17.0 Å². The number of hydrogen-bond donors (Lipinski definition) is 1. The fourth-order valence-corrected chi connectivity index (χ4v) is 3.59. The van der Waals surface area contributed by atoms with Crippen molar-refractivity contribution >= 4 is 21.9 Å². The first-order valence-electron chi connectivity index (χ1n) is 6.83. The van der Waals surface area contributed by atoms with Crippen molar-refractivity contribution < 1.29 is 9.00 Å². The van der Waals surface area contributed by atoms with Crippen LogP contribution in [-0.2, 0) is 35.4 Å². The molecule has 1 atom stereocenters. The van der Waals surface area contributed by atoms with Gasteiger partial charge in [-0.3, -0.25) is 19.4 Å². The summed E-state index contributed by atoms with van der Waals surface area (Å²) in [5, 5.41) is 4.66. The highest BCUT2D eigenvalue weighted by atomic mass is 32.2. The zero-order valence-electron chi connectivity index (χ0n) is 11.6. The zero-order valence-corrected chi connectivity index (χ0v) is 12.4. The number of nitrogens with zero attached hydrogens (tertiary/aromatic N) is 4. The van der Waals surface area contributed by atoms with E-state index in [2.05, 4.69) is 19.7 Å². The third kappa shape index (κ3) is 2.26. The van der Waals surface area contributed by atoms with Gasteiger partial charge in [0.15, 0.2) is 16.0 Å². The number of fused-ring (bicyclic) bond motifs is 1. The van der Waals surface area contributed by atoms with Crippen LogP contribution < -0.4 is 4.72 Å². The van der Waals surface area contributed by atoms with Gasteiger partial charge in [-0.15, -0.1) is 0 Å². The van der Waals surface area contributed by atoms with Crippen LogP contribution in [0.25, 0.3) is 5.03 Å². The van der Waals surface area contributed by atoms with Crippen molar-refractivity contribution in [3.8, 4) is 0 Å². The van der Waals surface area contributed by atoms with Crippen LogP contribution in [0.15, 0.2) is 36.7 Å². The lowest BCUT2D eigenvalue weighted by Crippen LogP contribution is -2.20. The average molecular weight is 315 g/mol. The number of pyridine rings is 1. The smallest absolute Gasteiger partial charge is 0.258 e. The van der Waals surface area contributed by atoms with Crippen molar-refractivity contribution in [2.24, 2.45) is 0 Å². The zero-order chi connectivity index (χ0) is 15.1. The summed E-state index contributed by atoms with van der Waals surface area (Å²) in [7, 11) is -1.53. The molecular weight excluding hydrogens is 302 g/mol. The quantitative estimate of drug-likeness (QED) is 0.886. The molecule has 2 aliphatic heterocycles. The maximum Gasteiger partial charge on any atom is 0.258 e. The van der Waals surface area contributed by atoms with Crippen molar-refractivity contribution in [1.82, 2.24) is 24.4 Å². The van der Waals surface area contributed by atoms with Crippen molar-refractivity contribution in [1.29, 1.82) is 0 Å². The Morgan fingerprint density at radius 2 is 2.23 bits per heavy atom. The number of amides is 1. The van der Waals surface area contributed by atoms with Crippen LogP contribution in [0.4, 0.5) is 0 Å². The van der Waals surface area contributed by atoms with Crippen molar-refractivity contribution in [2.45, 2.75) is 19.6 Å². The summed E-state index contributed by atoms with van der Waals surface area (Å²) in [6.07, 6.45) is 4.89. The Morgan fingerprint density at radius 3 is 2.95 bits per heavy atom. The molecule has 1 unspecified atom stereocenters. The van der Waals surface area contributed by atoms with E-state index < -0.39 is 11.0 Å². The molecule has 22 heavy (non-hydrogen) atoms. The maximum atomic E-state index is 11.9. The number of rotatable bonds is 3. The topological polar surface area (TPSA) is 80.1 Å². The third-order valence-corrected chi connectivity index (χ3v) is 4.74. The van der Waals surface area contributed by atoms with Gasteiger partial charge < -0.3 is 0 Å². The second-order valence-corrected chi connectivity index (χ2v) is 6.37. The first kappa shape index (κ1) is 13.4. The second-order valence-electron chi connectivity index (χ2n) is 5.21. The molecule has 2 aromatic heterocycles. The summed E-state index contributed by atoms with van der Waals surface area (Å²) in [4.78, 5) is 17.9. The molecule has 0 saturated heterocycles. The van der Waals surface area contributed by atoms with Crippen LogP contribution >= 0.6 is 0 Å². The van der Waals surface area contributed by atoms with Gasteiger partial charge in [0.2, 0.25) is 0 Å². The van der Waals surface area contributed by atoms with E-state index in [0.717, 1.165) is 30.0 Å². The molecule has 112 valence electrons. The van der Waals surface area contributed by atoms with Gasteiger partial charge >= 0.3 is 0 Å². The van der Waals surface area contributed by atoms with Gasteiger partial charge in [0.05, 0.1) is 17.6 Å². The van der Waals surface area contributed by atoms with Gasteiger partial charge in [-0.25, -0.2) is 8.89 Å². The summed E-state index contributed by atoms with van der Waals surface area (Å²) in [6, 6.07) is 5.86. The van der Waals surface area contributed by atoms with Gasteiger partial charge in [-0.2, -0.15) is 5.10 Å². The number of aromatic nitrogens is 3. The summed E-state index contributed by atoms with van der Waals surface area (Å²) < 4.78 is 15.8. The molecule has 0 bridgehead atoms. The van der Waals surface area contributed by atoms with Crippen LogP contribution in [0, 0.1) is 0 Å². The number of carbonyl (C=O) groups is 1. The molecule has 8 heteroatoms. The van der Waals surface area contributed by atoms with E-state index in [0.29, 0.717) is 11.6 Å². The number of nitrogens with one attached hydrogen (secondary N) is 1. The highest BCUT2D eigenvalue weighted by molar-refractivity contribution is 7.93. The Labute approximate surface area is 129 Å². The van der Waals surface area contributed by atoms with E-state index in [1.165, 1.54) is 6.08 Å². The van der Waals surface area contributed by atoms with E-state index >= 15 is 0 Å². The van der Waals surface area contributed by atoms with Crippen LogP contribution in [0.5, 0.6) is 0 Å². The van der Waals surface area contributed by atoms with Crippen molar-refractivity contribution in [3.05, 3.63) is 53.6 Å². The Morgan fingerprint density at radius 1 is 1.32 bits per heavy atom. The minimum Gasteiger partial charge on any atom is -0.287 e. The maximum absolute atomic E-state index is 11.9. The molecular formula is C14H13N5O2S.